The number of fused-ring (bicyclic) bond motifs is 1. The van der Waals surface area contributed by atoms with Crippen LogP contribution in [0.4, 0.5) is 0 Å². The van der Waals surface area contributed by atoms with E-state index in [1.54, 1.807) is 12.4 Å². The molecule has 1 amide bonds. The molecule has 3 aromatic rings. The van der Waals surface area contributed by atoms with Gasteiger partial charge in [-0.3, -0.25) is 9.78 Å². The molecule has 3 aromatic heterocycles. The molecule has 0 N–H and O–H groups in total. The molecular formula is C18H17N3O2. The number of pyridine rings is 2. The lowest BCUT2D eigenvalue weighted by Gasteiger charge is -2.16. The van der Waals surface area contributed by atoms with Crippen molar-refractivity contribution in [1.82, 2.24) is 14.3 Å². The third-order valence-electron chi connectivity index (χ3n) is 4.14. The first kappa shape index (κ1) is 13.8. The molecule has 0 aliphatic carbocycles. The summed E-state index contributed by atoms with van der Waals surface area (Å²) in [6.45, 7) is 1.34. The summed E-state index contributed by atoms with van der Waals surface area (Å²) in [5.41, 5.74) is 1.75. The van der Waals surface area contributed by atoms with Crippen molar-refractivity contribution in [2.24, 2.45) is 0 Å². The smallest absolute Gasteiger partial charge is 0.255 e. The van der Waals surface area contributed by atoms with Gasteiger partial charge >= 0.3 is 0 Å². The van der Waals surface area contributed by atoms with Gasteiger partial charge in [-0.05, 0) is 30.3 Å². The minimum Gasteiger partial charge on any atom is -0.488 e. The molecule has 5 heteroatoms. The van der Waals surface area contributed by atoms with Crippen LogP contribution < -0.4 is 4.74 Å². The van der Waals surface area contributed by atoms with Crippen LogP contribution in [-0.4, -0.2) is 39.4 Å². The fourth-order valence-electron chi connectivity index (χ4n) is 2.97. The monoisotopic (exact) mass is 307 g/mol. The first-order valence-electron chi connectivity index (χ1n) is 7.72. The summed E-state index contributed by atoms with van der Waals surface area (Å²) in [6, 6.07) is 11.5. The van der Waals surface area contributed by atoms with Crippen LogP contribution in [0.1, 0.15) is 16.8 Å². The summed E-state index contributed by atoms with van der Waals surface area (Å²) < 4.78 is 7.88. The molecule has 1 aliphatic heterocycles. The predicted octanol–water partition coefficient (Wildman–Crippen LogP) is 2.63. The summed E-state index contributed by atoms with van der Waals surface area (Å²) >= 11 is 0. The van der Waals surface area contributed by atoms with E-state index >= 15 is 0 Å². The minimum absolute atomic E-state index is 0.0402. The Morgan fingerprint density at radius 3 is 2.91 bits per heavy atom. The predicted molar refractivity (Wildman–Crippen MR) is 86.6 cm³/mol. The molecule has 0 spiro atoms. The van der Waals surface area contributed by atoms with Gasteiger partial charge in [-0.15, -0.1) is 0 Å². The number of ether oxygens (including phenoxy) is 1. The molecule has 1 saturated heterocycles. The molecule has 1 atom stereocenters. The van der Waals surface area contributed by atoms with Crippen LogP contribution in [0, 0.1) is 0 Å². The zero-order valence-corrected chi connectivity index (χ0v) is 12.6. The van der Waals surface area contributed by atoms with Crippen LogP contribution in [-0.2, 0) is 0 Å². The number of aromatic nitrogens is 2. The standard InChI is InChI=1S/C18H17N3O2/c22-18(14-11-15-3-1-2-9-20(15)12-14)21-10-6-17(13-21)23-16-4-7-19-8-5-16/h1-5,7-9,11-12,17H,6,10,13H2/t17-/m1/s1. The van der Waals surface area contributed by atoms with E-state index in [4.69, 9.17) is 4.74 Å². The first-order valence-corrected chi connectivity index (χ1v) is 7.72. The topological polar surface area (TPSA) is 46.8 Å². The lowest BCUT2D eigenvalue weighted by molar-refractivity contribution is 0.0772. The molecule has 5 nitrogen and oxygen atoms in total. The van der Waals surface area contributed by atoms with Crippen molar-refractivity contribution >= 4 is 11.4 Å². The van der Waals surface area contributed by atoms with Gasteiger partial charge in [0.1, 0.15) is 11.9 Å². The van der Waals surface area contributed by atoms with Crippen LogP contribution in [0.2, 0.25) is 0 Å². The van der Waals surface area contributed by atoms with Gasteiger partial charge in [-0.25, -0.2) is 0 Å². The van der Waals surface area contributed by atoms with E-state index in [2.05, 4.69) is 4.98 Å². The van der Waals surface area contributed by atoms with E-state index in [0.29, 0.717) is 6.54 Å². The van der Waals surface area contributed by atoms with Crippen LogP contribution in [0.25, 0.3) is 5.52 Å². The molecule has 116 valence electrons. The second kappa shape index (κ2) is 5.76. The van der Waals surface area contributed by atoms with Crippen molar-refractivity contribution in [3.05, 3.63) is 66.7 Å². The van der Waals surface area contributed by atoms with E-state index in [9.17, 15) is 4.79 Å². The molecule has 1 fully saturated rings. The maximum absolute atomic E-state index is 12.7. The Kier molecular flexibility index (Phi) is 3.46. The van der Waals surface area contributed by atoms with Gasteiger partial charge in [-0.2, -0.15) is 0 Å². The lowest BCUT2D eigenvalue weighted by Crippen LogP contribution is -2.30. The molecule has 0 unspecified atom stereocenters. The average Bonchev–Trinajstić information content (AvgIpc) is 3.21. The molecule has 0 aromatic carbocycles. The van der Waals surface area contributed by atoms with Crippen molar-refractivity contribution < 1.29 is 9.53 Å². The lowest BCUT2D eigenvalue weighted by atomic mass is 10.3. The summed E-state index contributed by atoms with van der Waals surface area (Å²) in [4.78, 5) is 18.5. The number of carbonyl (C=O) groups excluding carboxylic acids is 1. The van der Waals surface area contributed by atoms with Crippen molar-refractivity contribution in [2.45, 2.75) is 12.5 Å². The largest absolute Gasteiger partial charge is 0.488 e. The molecule has 4 rings (SSSR count). The number of rotatable bonds is 3. The molecule has 0 saturated carbocycles. The summed E-state index contributed by atoms with van der Waals surface area (Å²) in [5.74, 6) is 0.864. The molecular weight excluding hydrogens is 290 g/mol. The zero-order valence-electron chi connectivity index (χ0n) is 12.6. The van der Waals surface area contributed by atoms with Gasteiger partial charge in [0.2, 0.25) is 0 Å². The van der Waals surface area contributed by atoms with Gasteiger partial charge in [0, 0.05) is 43.3 Å². The van der Waals surface area contributed by atoms with Gasteiger partial charge in [0.15, 0.2) is 0 Å². The Morgan fingerprint density at radius 2 is 2.09 bits per heavy atom. The highest BCUT2D eigenvalue weighted by Gasteiger charge is 2.28. The Balaban J connectivity index is 1.45. The van der Waals surface area contributed by atoms with Crippen molar-refractivity contribution in [1.29, 1.82) is 0 Å². The van der Waals surface area contributed by atoms with Crippen LogP contribution >= 0.6 is 0 Å². The van der Waals surface area contributed by atoms with Gasteiger partial charge in [-0.1, -0.05) is 6.07 Å². The Morgan fingerprint density at radius 1 is 1.22 bits per heavy atom. The summed E-state index contributed by atoms with van der Waals surface area (Å²) in [7, 11) is 0. The number of nitrogens with zero attached hydrogens (tertiary/aromatic N) is 3. The second-order valence-corrected chi connectivity index (χ2v) is 5.72. The zero-order chi connectivity index (χ0) is 15.6. The van der Waals surface area contributed by atoms with Gasteiger partial charge < -0.3 is 14.0 Å². The molecule has 1 aliphatic rings. The van der Waals surface area contributed by atoms with E-state index in [-0.39, 0.29) is 12.0 Å². The second-order valence-electron chi connectivity index (χ2n) is 5.72. The van der Waals surface area contributed by atoms with E-state index in [0.717, 1.165) is 29.8 Å². The summed E-state index contributed by atoms with van der Waals surface area (Å²) in [6.07, 6.45) is 8.14. The number of hydrogen-bond acceptors (Lipinski definition) is 3. The molecule has 0 radical (unpaired) electrons. The number of amides is 1. The normalized spacial score (nSPS) is 17.6. The molecule has 4 heterocycles. The Hall–Kier alpha value is -2.82. The third kappa shape index (κ3) is 2.77. The van der Waals surface area contributed by atoms with Crippen LogP contribution in [0.5, 0.6) is 5.75 Å². The quantitative estimate of drug-likeness (QED) is 0.747. The van der Waals surface area contributed by atoms with Crippen LogP contribution in [0.15, 0.2) is 61.2 Å². The maximum Gasteiger partial charge on any atom is 0.255 e. The average molecular weight is 307 g/mol. The highest BCUT2D eigenvalue weighted by atomic mass is 16.5. The Labute approximate surface area is 134 Å². The SMILES string of the molecule is O=C(c1cc2ccccn2c1)N1CC[C@@H](Oc2ccncc2)C1. The van der Waals surface area contributed by atoms with Gasteiger partial charge in [0.05, 0.1) is 12.1 Å². The van der Waals surface area contributed by atoms with Crippen molar-refractivity contribution in [3.8, 4) is 5.75 Å². The van der Waals surface area contributed by atoms with E-state index in [1.165, 1.54) is 0 Å². The number of likely N-dealkylation sites (tertiary alicyclic amines) is 1. The van der Waals surface area contributed by atoms with Crippen molar-refractivity contribution in [2.75, 3.05) is 13.1 Å². The summed E-state index contributed by atoms with van der Waals surface area (Å²) in [5, 5.41) is 0. The molecule has 23 heavy (non-hydrogen) atoms. The van der Waals surface area contributed by atoms with Gasteiger partial charge in [0.25, 0.3) is 5.91 Å². The Bertz CT molecular complexity index is 795. The van der Waals surface area contributed by atoms with E-state index < -0.39 is 0 Å². The molecule has 0 bridgehead atoms. The van der Waals surface area contributed by atoms with Crippen molar-refractivity contribution in [3.63, 3.8) is 0 Å². The minimum atomic E-state index is 0.0402. The highest BCUT2D eigenvalue weighted by molar-refractivity contribution is 5.95. The highest BCUT2D eigenvalue weighted by Crippen LogP contribution is 2.20. The van der Waals surface area contributed by atoms with E-state index in [1.807, 2.05) is 58.1 Å². The fourth-order valence-corrected chi connectivity index (χ4v) is 2.97. The van der Waals surface area contributed by atoms with Crippen LogP contribution in [0.3, 0.4) is 0 Å². The fraction of sp³-hybridized carbons (Fsp3) is 0.222. The maximum atomic E-state index is 12.7. The number of hydrogen-bond donors (Lipinski definition) is 0. The third-order valence-corrected chi connectivity index (χ3v) is 4.14. The first-order chi connectivity index (χ1) is 11.3. The number of carbonyl (C=O) groups is 1.